The molecule has 1 aliphatic rings. The van der Waals surface area contributed by atoms with Crippen molar-refractivity contribution in [1.82, 2.24) is 14.9 Å². The molecule has 5 heteroatoms. The van der Waals surface area contributed by atoms with E-state index in [2.05, 4.69) is 16.4 Å². The van der Waals surface area contributed by atoms with Crippen molar-refractivity contribution in [3.05, 3.63) is 47.5 Å². The van der Waals surface area contributed by atoms with Gasteiger partial charge >= 0.3 is 0 Å². The maximum absolute atomic E-state index is 9.11. The summed E-state index contributed by atoms with van der Waals surface area (Å²) in [4.78, 5) is 4.40. The van der Waals surface area contributed by atoms with Gasteiger partial charge in [0.2, 0.25) is 0 Å². The normalized spacial score (nSPS) is 13.9. The Hall–Kier alpha value is -2.32. The number of ether oxygens (including phenoxy) is 1. The van der Waals surface area contributed by atoms with E-state index in [0.29, 0.717) is 23.9 Å². The summed E-state index contributed by atoms with van der Waals surface area (Å²) >= 11 is 0. The van der Waals surface area contributed by atoms with Gasteiger partial charge in [0.15, 0.2) is 0 Å². The number of aromatic nitrogens is 2. The largest absolute Gasteiger partial charge is 0.495 e. The van der Waals surface area contributed by atoms with Crippen molar-refractivity contribution in [3.63, 3.8) is 0 Å². The van der Waals surface area contributed by atoms with Crippen molar-refractivity contribution in [2.24, 2.45) is 0 Å². The maximum atomic E-state index is 9.11. The quantitative estimate of drug-likeness (QED) is 0.881. The molecule has 21 heavy (non-hydrogen) atoms. The molecule has 0 atom stereocenters. The van der Waals surface area contributed by atoms with E-state index in [0.717, 1.165) is 17.8 Å². The number of nitrogens with zero attached hydrogens (tertiary/aromatic N) is 3. The molecule has 1 heterocycles. The van der Waals surface area contributed by atoms with Crippen molar-refractivity contribution in [2.75, 3.05) is 7.11 Å². The molecule has 1 aliphatic carbocycles. The Balaban J connectivity index is 1.66. The summed E-state index contributed by atoms with van der Waals surface area (Å²) in [7, 11) is 1.57. The zero-order valence-electron chi connectivity index (χ0n) is 12.0. The molecule has 0 saturated heterocycles. The number of methoxy groups -OCH3 is 1. The average Bonchev–Trinajstić information content (AvgIpc) is 3.24. The molecule has 0 spiro atoms. The second-order valence-corrected chi connectivity index (χ2v) is 5.34. The molecule has 0 aliphatic heterocycles. The van der Waals surface area contributed by atoms with Crippen LogP contribution in [0.2, 0.25) is 0 Å². The number of nitriles is 1. The molecule has 1 aromatic heterocycles. The van der Waals surface area contributed by atoms with E-state index in [9.17, 15) is 0 Å². The predicted octanol–water partition coefficient (Wildman–Crippen LogP) is 2.06. The number of hydrogen-bond acceptors (Lipinski definition) is 4. The van der Waals surface area contributed by atoms with Gasteiger partial charge in [-0.25, -0.2) is 4.98 Å². The van der Waals surface area contributed by atoms with Crippen molar-refractivity contribution >= 4 is 0 Å². The Labute approximate surface area is 124 Å². The lowest BCUT2D eigenvalue weighted by molar-refractivity contribution is 0.413. The van der Waals surface area contributed by atoms with E-state index < -0.39 is 0 Å². The summed E-state index contributed by atoms with van der Waals surface area (Å²) in [5, 5.41) is 12.6. The molecule has 1 aromatic carbocycles. The van der Waals surface area contributed by atoms with Crippen LogP contribution in [0.5, 0.6) is 5.75 Å². The highest BCUT2D eigenvalue weighted by atomic mass is 16.5. The van der Waals surface area contributed by atoms with Gasteiger partial charge < -0.3 is 14.6 Å². The molecule has 0 bridgehead atoms. The highest BCUT2D eigenvalue weighted by molar-refractivity contribution is 5.45. The fourth-order valence-corrected chi connectivity index (χ4v) is 2.27. The van der Waals surface area contributed by atoms with Crippen LogP contribution in [0.4, 0.5) is 0 Å². The highest BCUT2D eigenvalue weighted by Crippen LogP contribution is 2.20. The Morgan fingerprint density at radius 3 is 3.05 bits per heavy atom. The predicted molar refractivity (Wildman–Crippen MR) is 78.9 cm³/mol. The van der Waals surface area contributed by atoms with E-state index >= 15 is 0 Å². The second-order valence-electron chi connectivity index (χ2n) is 5.34. The van der Waals surface area contributed by atoms with Crippen molar-refractivity contribution in [3.8, 4) is 11.8 Å². The van der Waals surface area contributed by atoms with Crippen LogP contribution in [0.1, 0.15) is 29.7 Å². The van der Waals surface area contributed by atoms with Crippen molar-refractivity contribution in [2.45, 2.75) is 32.0 Å². The summed E-state index contributed by atoms with van der Waals surface area (Å²) in [5.74, 6) is 0.612. The Kier molecular flexibility index (Phi) is 3.89. The van der Waals surface area contributed by atoms with Gasteiger partial charge in [0.25, 0.3) is 0 Å². The Morgan fingerprint density at radius 1 is 1.48 bits per heavy atom. The van der Waals surface area contributed by atoms with E-state index in [1.165, 1.54) is 12.8 Å². The highest BCUT2D eigenvalue weighted by Gasteiger charge is 2.20. The number of benzene rings is 1. The lowest BCUT2D eigenvalue weighted by atomic mass is 10.1. The molecule has 1 fully saturated rings. The average molecular weight is 282 g/mol. The fourth-order valence-electron chi connectivity index (χ4n) is 2.27. The van der Waals surface area contributed by atoms with E-state index in [4.69, 9.17) is 10.00 Å². The van der Waals surface area contributed by atoms with E-state index in [1.807, 2.05) is 35.3 Å². The fraction of sp³-hybridized carbons (Fsp3) is 0.375. The van der Waals surface area contributed by atoms with E-state index in [-0.39, 0.29) is 0 Å². The van der Waals surface area contributed by atoms with Gasteiger partial charge in [0.05, 0.1) is 24.7 Å². The van der Waals surface area contributed by atoms with Crippen LogP contribution in [0.15, 0.2) is 30.7 Å². The minimum Gasteiger partial charge on any atom is -0.495 e. The molecule has 0 unspecified atom stereocenters. The second kappa shape index (κ2) is 5.98. The van der Waals surface area contributed by atoms with E-state index in [1.54, 1.807) is 7.11 Å². The van der Waals surface area contributed by atoms with Gasteiger partial charge in [-0.2, -0.15) is 5.26 Å². The molecular formula is C16H18N4O. The first-order chi connectivity index (χ1) is 10.3. The lowest BCUT2D eigenvalue weighted by Gasteiger charge is -2.06. The molecular weight excluding hydrogens is 264 g/mol. The third-order valence-corrected chi connectivity index (χ3v) is 3.59. The third kappa shape index (κ3) is 3.41. The number of imidazole rings is 1. The summed E-state index contributed by atoms with van der Waals surface area (Å²) in [5.41, 5.74) is 2.67. The van der Waals surface area contributed by atoms with Crippen LogP contribution in [-0.4, -0.2) is 22.7 Å². The van der Waals surface area contributed by atoms with Gasteiger partial charge in [-0.05, 0) is 30.5 Å². The smallest absolute Gasteiger partial charge is 0.136 e. The molecule has 0 radical (unpaired) electrons. The third-order valence-electron chi connectivity index (χ3n) is 3.59. The summed E-state index contributed by atoms with van der Waals surface area (Å²) in [6.07, 6.45) is 6.44. The zero-order valence-corrected chi connectivity index (χ0v) is 12.0. The summed E-state index contributed by atoms with van der Waals surface area (Å²) in [6, 6.07) is 8.52. The van der Waals surface area contributed by atoms with Crippen LogP contribution < -0.4 is 10.1 Å². The monoisotopic (exact) mass is 282 g/mol. The van der Waals surface area contributed by atoms with Crippen LogP contribution in [0, 0.1) is 11.3 Å². The summed E-state index contributed by atoms with van der Waals surface area (Å²) in [6.45, 7) is 1.53. The van der Waals surface area contributed by atoms with Crippen LogP contribution in [0.3, 0.4) is 0 Å². The molecule has 108 valence electrons. The minimum atomic E-state index is 0.561. The lowest BCUT2D eigenvalue weighted by Crippen LogP contribution is -2.15. The standard InChI is InChI=1S/C16H18N4O/c1-21-16-5-2-12(6-13(16)7-17)9-20-10-15(19-11-20)8-18-14-3-4-14/h2,5-6,10-11,14,18H,3-4,8-9H2,1H3. The first-order valence-electron chi connectivity index (χ1n) is 7.09. The van der Waals surface area contributed by atoms with Crippen molar-refractivity contribution < 1.29 is 4.74 Å². The van der Waals surface area contributed by atoms with Gasteiger partial charge in [0, 0.05) is 25.3 Å². The maximum Gasteiger partial charge on any atom is 0.136 e. The number of hydrogen-bond donors (Lipinski definition) is 1. The number of rotatable bonds is 6. The SMILES string of the molecule is COc1ccc(Cn2cnc(CNC3CC3)c2)cc1C#N. The van der Waals surface area contributed by atoms with Crippen molar-refractivity contribution in [1.29, 1.82) is 5.26 Å². The van der Waals surface area contributed by atoms with Crippen LogP contribution in [-0.2, 0) is 13.1 Å². The first-order valence-corrected chi connectivity index (χ1v) is 7.09. The van der Waals surface area contributed by atoms with Gasteiger partial charge in [-0.3, -0.25) is 0 Å². The molecule has 1 saturated carbocycles. The molecule has 1 N–H and O–H groups in total. The van der Waals surface area contributed by atoms with Crippen LogP contribution >= 0.6 is 0 Å². The van der Waals surface area contributed by atoms with Crippen LogP contribution in [0.25, 0.3) is 0 Å². The summed E-state index contributed by atoms with van der Waals surface area (Å²) < 4.78 is 7.19. The molecule has 0 amide bonds. The Morgan fingerprint density at radius 2 is 2.33 bits per heavy atom. The molecule has 3 rings (SSSR count). The minimum absolute atomic E-state index is 0.561. The topological polar surface area (TPSA) is 62.9 Å². The van der Waals surface area contributed by atoms with Gasteiger partial charge in [-0.15, -0.1) is 0 Å². The van der Waals surface area contributed by atoms with Gasteiger partial charge in [0.1, 0.15) is 11.8 Å². The first kappa shape index (κ1) is 13.7. The molecule has 5 nitrogen and oxygen atoms in total. The van der Waals surface area contributed by atoms with Gasteiger partial charge in [-0.1, -0.05) is 6.07 Å². The Bertz CT molecular complexity index is 667. The molecule has 2 aromatic rings. The number of nitrogens with one attached hydrogen (secondary N) is 1. The zero-order chi connectivity index (χ0) is 14.7.